The lowest BCUT2D eigenvalue weighted by Gasteiger charge is -2.29. The van der Waals surface area contributed by atoms with E-state index in [9.17, 15) is 0 Å². The Labute approximate surface area is 103 Å². The Morgan fingerprint density at radius 3 is 1.69 bits per heavy atom. The minimum Gasteiger partial charge on any atom is -0.312 e. The minimum atomic E-state index is 0.621. The molecule has 0 aliphatic carbocycles. The van der Waals surface area contributed by atoms with Gasteiger partial charge in [-0.1, -0.05) is 60.3 Å². The van der Waals surface area contributed by atoms with E-state index in [4.69, 9.17) is 0 Å². The first-order chi connectivity index (χ1) is 7.65. The summed E-state index contributed by atoms with van der Waals surface area (Å²) >= 11 is 0. The largest absolute Gasteiger partial charge is 0.312 e. The predicted octanol–water partition coefficient (Wildman–Crippen LogP) is 4.76. The summed E-state index contributed by atoms with van der Waals surface area (Å²) in [4.78, 5) is 0. The van der Waals surface area contributed by atoms with Crippen LogP contribution >= 0.6 is 0 Å². The lowest BCUT2D eigenvalue weighted by atomic mass is 9.87. The molecule has 1 heteroatoms. The molecule has 0 amide bonds. The van der Waals surface area contributed by atoms with Gasteiger partial charge in [0.15, 0.2) is 0 Å². The fourth-order valence-electron chi connectivity index (χ4n) is 2.49. The monoisotopic (exact) mass is 227 g/mol. The molecular formula is C15H33N. The normalized spacial score (nSPS) is 13.7. The second-order valence-electron chi connectivity index (χ2n) is 5.38. The van der Waals surface area contributed by atoms with Crippen molar-refractivity contribution < 1.29 is 0 Å². The van der Waals surface area contributed by atoms with Gasteiger partial charge in [0.2, 0.25) is 0 Å². The van der Waals surface area contributed by atoms with E-state index in [1.54, 1.807) is 0 Å². The molecule has 0 spiro atoms. The van der Waals surface area contributed by atoms with Gasteiger partial charge in [-0.25, -0.2) is 0 Å². The maximum absolute atomic E-state index is 3.75. The van der Waals surface area contributed by atoms with Crippen molar-refractivity contribution in [1.29, 1.82) is 0 Å². The Morgan fingerprint density at radius 1 is 0.875 bits per heavy atom. The summed E-state index contributed by atoms with van der Waals surface area (Å²) in [6.07, 6.45) is 9.55. The first-order valence-electron chi connectivity index (χ1n) is 7.41. The van der Waals surface area contributed by atoms with E-state index in [0.717, 1.165) is 12.0 Å². The maximum atomic E-state index is 3.75. The molecule has 0 bridgehead atoms. The van der Waals surface area contributed by atoms with Crippen LogP contribution in [0.3, 0.4) is 0 Å². The van der Waals surface area contributed by atoms with Crippen LogP contribution in [0.25, 0.3) is 0 Å². The highest BCUT2D eigenvalue weighted by Gasteiger charge is 2.19. The van der Waals surface area contributed by atoms with E-state index in [0.29, 0.717) is 6.04 Å². The highest BCUT2D eigenvalue weighted by Crippen LogP contribution is 2.22. The quantitative estimate of drug-likeness (QED) is 0.567. The molecule has 0 aliphatic rings. The number of hydrogen-bond donors (Lipinski definition) is 1. The van der Waals surface area contributed by atoms with Crippen molar-refractivity contribution in [1.82, 2.24) is 5.32 Å². The van der Waals surface area contributed by atoms with Gasteiger partial charge in [0.25, 0.3) is 0 Å². The summed E-state index contributed by atoms with van der Waals surface area (Å²) in [5.74, 6) is 0.896. The predicted molar refractivity (Wildman–Crippen MR) is 74.9 cm³/mol. The van der Waals surface area contributed by atoms with Gasteiger partial charge in [-0.05, 0) is 25.2 Å². The molecule has 0 heterocycles. The van der Waals surface area contributed by atoms with Gasteiger partial charge in [0.05, 0.1) is 0 Å². The van der Waals surface area contributed by atoms with Crippen molar-refractivity contribution in [2.75, 3.05) is 0 Å². The zero-order chi connectivity index (χ0) is 12.4. The molecule has 0 aliphatic heterocycles. The highest BCUT2D eigenvalue weighted by molar-refractivity contribution is 4.77. The SMILES string of the molecule is CCCCC(CCCC)C(CC)NC(C)C. The molecule has 0 saturated carbocycles. The van der Waals surface area contributed by atoms with E-state index >= 15 is 0 Å². The Bertz CT molecular complexity index is 134. The molecule has 1 nitrogen and oxygen atoms in total. The van der Waals surface area contributed by atoms with E-state index in [2.05, 4.69) is 39.9 Å². The van der Waals surface area contributed by atoms with Crippen molar-refractivity contribution in [3.05, 3.63) is 0 Å². The summed E-state index contributed by atoms with van der Waals surface area (Å²) < 4.78 is 0. The van der Waals surface area contributed by atoms with Gasteiger partial charge in [-0.3, -0.25) is 0 Å². The maximum Gasteiger partial charge on any atom is 0.00950 e. The Morgan fingerprint density at radius 2 is 1.38 bits per heavy atom. The molecule has 0 saturated heterocycles. The lowest BCUT2D eigenvalue weighted by molar-refractivity contribution is 0.281. The average molecular weight is 227 g/mol. The molecule has 98 valence electrons. The van der Waals surface area contributed by atoms with Gasteiger partial charge in [0.1, 0.15) is 0 Å². The van der Waals surface area contributed by atoms with Crippen molar-refractivity contribution >= 4 is 0 Å². The van der Waals surface area contributed by atoms with Crippen LogP contribution in [0.4, 0.5) is 0 Å². The molecule has 0 aromatic carbocycles. The molecule has 0 rings (SSSR count). The van der Waals surface area contributed by atoms with Crippen LogP contribution in [0, 0.1) is 5.92 Å². The van der Waals surface area contributed by atoms with Crippen LogP contribution in [-0.4, -0.2) is 12.1 Å². The third kappa shape index (κ3) is 7.27. The third-order valence-corrected chi connectivity index (χ3v) is 3.41. The van der Waals surface area contributed by atoms with Crippen LogP contribution in [0.15, 0.2) is 0 Å². The molecule has 16 heavy (non-hydrogen) atoms. The minimum absolute atomic E-state index is 0.621. The molecular weight excluding hydrogens is 194 g/mol. The van der Waals surface area contributed by atoms with Crippen LogP contribution in [0.1, 0.15) is 79.6 Å². The van der Waals surface area contributed by atoms with Crippen LogP contribution < -0.4 is 5.32 Å². The lowest BCUT2D eigenvalue weighted by Crippen LogP contribution is -2.40. The van der Waals surface area contributed by atoms with Crippen LogP contribution in [0.2, 0.25) is 0 Å². The van der Waals surface area contributed by atoms with Crippen molar-refractivity contribution in [3.63, 3.8) is 0 Å². The number of hydrogen-bond acceptors (Lipinski definition) is 1. The van der Waals surface area contributed by atoms with Crippen LogP contribution in [0.5, 0.6) is 0 Å². The topological polar surface area (TPSA) is 12.0 Å². The van der Waals surface area contributed by atoms with Crippen LogP contribution in [-0.2, 0) is 0 Å². The van der Waals surface area contributed by atoms with E-state index in [1.807, 2.05) is 0 Å². The van der Waals surface area contributed by atoms with Crippen molar-refractivity contribution in [2.45, 2.75) is 91.6 Å². The van der Waals surface area contributed by atoms with Crippen molar-refractivity contribution in [2.24, 2.45) is 5.92 Å². The van der Waals surface area contributed by atoms with Gasteiger partial charge in [-0.15, -0.1) is 0 Å². The van der Waals surface area contributed by atoms with Crippen molar-refractivity contribution in [3.8, 4) is 0 Å². The Kier molecular flexibility index (Phi) is 10.1. The van der Waals surface area contributed by atoms with Gasteiger partial charge in [0, 0.05) is 12.1 Å². The zero-order valence-corrected chi connectivity index (χ0v) is 12.2. The summed E-state index contributed by atoms with van der Waals surface area (Å²) in [5.41, 5.74) is 0. The van der Waals surface area contributed by atoms with E-state index < -0.39 is 0 Å². The molecule has 0 aromatic heterocycles. The van der Waals surface area contributed by atoms with Gasteiger partial charge >= 0.3 is 0 Å². The van der Waals surface area contributed by atoms with E-state index in [1.165, 1.54) is 44.9 Å². The summed E-state index contributed by atoms with van der Waals surface area (Å²) in [7, 11) is 0. The zero-order valence-electron chi connectivity index (χ0n) is 12.2. The third-order valence-electron chi connectivity index (χ3n) is 3.41. The Balaban J connectivity index is 4.17. The molecule has 1 atom stereocenters. The molecule has 0 fully saturated rings. The van der Waals surface area contributed by atoms with Gasteiger partial charge in [-0.2, -0.15) is 0 Å². The fourth-order valence-corrected chi connectivity index (χ4v) is 2.49. The molecule has 1 N–H and O–H groups in total. The second kappa shape index (κ2) is 10.1. The first kappa shape index (κ1) is 16.0. The second-order valence-corrected chi connectivity index (χ2v) is 5.38. The average Bonchev–Trinajstić information content (AvgIpc) is 2.26. The summed E-state index contributed by atoms with van der Waals surface area (Å²) in [6.45, 7) is 11.4. The van der Waals surface area contributed by atoms with Gasteiger partial charge < -0.3 is 5.32 Å². The smallest absolute Gasteiger partial charge is 0.00950 e. The molecule has 0 radical (unpaired) electrons. The fraction of sp³-hybridized carbons (Fsp3) is 1.00. The Hall–Kier alpha value is -0.0400. The molecule has 0 aromatic rings. The number of rotatable bonds is 10. The molecule has 1 unspecified atom stereocenters. The summed E-state index contributed by atoms with van der Waals surface area (Å²) in [6, 6.07) is 1.36. The van der Waals surface area contributed by atoms with E-state index in [-0.39, 0.29) is 0 Å². The number of nitrogens with one attached hydrogen (secondary N) is 1. The standard InChI is InChI=1S/C15H33N/c1-6-9-11-14(12-10-7-2)15(8-3)16-13(4)5/h13-16H,6-12H2,1-5H3. The first-order valence-corrected chi connectivity index (χ1v) is 7.41. The highest BCUT2D eigenvalue weighted by atomic mass is 14.9. The summed E-state index contributed by atoms with van der Waals surface area (Å²) in [5, 5.41) is 3.75. The number of unbranched alkanes of at least 4 members (excludes halogenated alkanes) is 2.